The maximum atomic E-state index is 15.5. The SMILES string of the molecule is Cc1cc(-n2nc3c(c2-n2ccn(-c4ccc(CP(=O)(C5CC5)C5CC5)cc4)c2=O)[C@H](C)N(C(=O)c2cc4cc(C5CCOCC5)ccc4n2[C@@]2(c4noc(=O)[nH]4)C[C@@H]2C)CC3)cc(C)c1F. The van der Waals surface area contributed by atoms with Crippen LogP contribution in [-0.4, -0.2) is 75.5 Å². The highest BCUT2D eigenvalue weighted by Gasteiger charge is 2.59. The topological polar surface area (TPSA) is 155 Å². The Hall–Kier alpha value is -6.05. The molecule has 3 saturated carbocycles. The van der Waals surface area contributed by atoms with Gasteiger partial charge in [-0.15, -0.1) is 0 Å². The molecule has 3 aromatic carbocycles. The number of hydrogen-bond acceptors (Lipinski definition) is 8. The third-order valence-corrected chi connectivity index (χ3v) is 20.0. The maximum absolute atomic E-state index is 15.5. The molecule has 12 rings (SSSR count). The van der Waals surface area contributed by atoms with Gasteiger partial charge in [-0.1, -0.05) is 30.3 Å². The third kappa shape index (κ3) is 6.81. The minimum Gasteiger partial charge on any atom is -0.381 e. The smallest absolute Gasteiger partial charge is 0.381 e. The van der Waals surface area contributed by atoms with E-state index in [0.717, 1.165) is 60.7 Å². The van der Waals surface area contributed by atoms with Crippen LogP contribution in [0.3, 0.4) is 0 Å². The van der Waals surface area contributed by atoms with E-state index in [1.807, 2.05) is 42.2 Å². The molecule has 0 unspecified atom stereocenters. The lowest BCUT2D eigenvalue weighted by atomic mass is 9.91. The summed E-state index contributed by atoms with van der Waals surface area (Å²) >= 11 is 0. The van der Waals surface area contributed by atoms with Gasteiger partial charge in [0, 0.05) is 72.5 Å². The molecule has 0 spiro atoms. The molecule has 3 aliphatic carbocycles. The zero-order valence-corrected chi connectivity index (χ0v) is 39.1. The van der Waals surface area contributed by atoms with Gasteiger partial charge >= 0.3 is 11.4 Å². The third-order valence-electron chi connectivity index (χ3n) is 15.6. The van der Waals surface area contributed by atoms with E-state index in [1.54, 1.807) is 52.2 Å². The number of carbonyl (C=O) groups excluding carboxylic acids is 1. The van der Waals surface area contributed by atoms with E-state index >= 15 is 9.18 Å². The van der Waals surface area contributed by atoms with E-state index in [4.69, 9.17) is 14.4 Å². The van der Waals surface area contributed by atoms with Gasteiger partial charge in [0.2, 0.25) is 0 Å². The van der Waals surface area contributed by atoms with Crippen LogP contribution in [0.5, 0.6) is 0 Å². The van der Waals surface area contributed by atoms with Crippen molar-refractivity contribution < 1.29 is 23.0 Å². The average Bonchev–Trinajstić information content (AvgIpc) is 4.30. The molecule has 1 amide bonds. The summed E-state index contributed by atoms with van der Waals surface area (Å²) in [4.78, 5) is 47.4. The first kappa shape index (κ1) is 42.3. The number of halogens is 1. The molecule has 3 atom stereocenters. The van der Waals surface area contributed by atoms with Gasteiger partial charge in [-0.25, -0.2) is 18.7 Å². The maximum Gasteiger partial charge on any atom is 0.438 e. The second-order valence-electron chi connectivity index (χ2n) is 19.9. The summed E-state index contributed by atoms with van der Waals surface area (Å²) in [7, 11) is -2.28. The van der Waals surface area contributed by atoms with Crippen molar-refractivity contribution in [3.05, 3.63) is 145 Å². The second kappa shape index (κ2) is 15.5. The molecule has 1 saturated heterocycles. The largest absolute Gasteiger partial charge is 0.438 e. The lowest BCUT2D eigenvalue weighted by Gasteiger charge is -2.34. The number of aryl methyl sites for hydroxylation is 2. The van der Waals surface area contributed by atoms with Gasteiger partial charge in [-0.2, -0.15) is 5.10 Å². The number of benzene rings is 3. The monoisotopic (exact) mass is 924 g/mol. The molecule has 0 bridgehead atoms. The Morgan fingerprint density at radius 2 is 1.58 bits per heavy atom. The van der Waals surface area contributed by atoms with Crippen LogP contribution in [-0.2, 0) is 27.4 Å². The number of aromatic amines is 1. The number of H-pyrrole nitrogens is 1. The molecule has 2 aliphatic heterocycles. The molecule has 6 heterocycles. The fraction of sp³-hybridized carbons (Fsp3) is 0.431. The molecule has 67 heavy (non-hydrogen) atoms. The number of nitrogens with zero attached hydrogens (tertiary/aromatic N) is 7. The number of aromatic nitrogens is 7. The van der Waals surface area contributed by atoms with Gasteiger partial charge in [0.15, 0.2) is 5.82 Å². The van der Waals surface area contributed by atoms with Crippen molar-refractivity contribution >= 4 is 24.0 Å². The fourth-order valence-electron chi connectivity index (χ4n) is 11.6. The second-order valence-corrected chi connectivity index (χ2v) is 23.4. The summed E-state index contributed by atoms with van der Waals surface area (Å²) in [6.07, 6.45) is 11.2. The van der Waals surface area contributed by atoms with Gasteiger partial charge in [0.25, 0.3) is 5.91 Å². The first-order valence-electron chi connectivity index (χ1n) is 23.8. The number of carbonyl (C=O) groups is 1. The molecule has 16 heteroatoms. The summed E-state index contributed by atoms with van der Waals surface area (Å²) in [5.74, 6) is 0.0411. The van der Waals surface area contributed by atoms with Crippen molar-refractivity contribution in [2.24, 2.45) is 5.92 Å². The van der Waals surface area contributed by atoms with E-state index in [9.17, 15) is 14.2 Å². The Kier molecular flexibility index (Phi) is 9.79. The molecule has 14 nitrogen and oxygen atoms in total. The highest BCUT2D eigenvalue weighted by molar-refractivity contribution is 7.65. The summed E-state index contributed by atoms with van der Waals surface area (Å²) in [5, 5.41) is 10.2. The first-order chi connectivity index (χ1) is 32.3. The molecule has 4 fully saturated rings. The van der Waals surface area contributed by atoms with E-state index in [2.05, 4.69) is 39.8 Å². The van der Waals surface area contributed by atoms with E-state index < -0.39 is 24.5 Å². The van der Waals surface area contributed by atoms with Gasteiger partial charge < -0.3 is 18.8 Å². The zero-order valence-electron chi connectivity index (χ0n) is 38.2. The number of hydrogen-bond donors (Lipinski definition) is 1. The number of nitrogens with one attached hydrogen (secondary N) is 1. The van der Waals surface area contributed by atoms with E-state index in [0.29, 0.717) is 101 Å². The van der Waals surface area contributed by atoms with Crippen LogP contribution in [0.15, 0.2) is 87.2 Å². The number of amides is 1. The Morgan fingerprint density at radius 1 is 0.896 bits per heavy atom. The van der Waals surface area contributed by atoms with Crippen LogP contribution in [0, 0.1) is 25.6 Å². The van der Waals surface area contributed by atoms with Crippen LogP contribution in [0.1, 0.15) is 121 Å². The van der Waals surface area contributed by atoms with Crippen LogP contribution < -0.4 is 11.4 Å². The molecule has 5 aliphatic rings. The summed E-state index contributed by atoms with van der Waals surface area (Å²) in [6.45, 7) is 9.24. The highest BCUT2D eigenvalue weighted by atomic mass is 31.2. The number of imidazole rings is 1. The van der Waals surface area contributed by atoms with Crippen molar-refractivity contribution in [3.8, 4) is 17.2 Å². The van der Waals surface area contributed by atoms with Crippen molar-refractivity contribution in [1.82, 2.24) is 38.5 Å². The van der Waals surface area contributed by atoms with Gasteiger partial charge in [0.05, 0.1) is 30.3 Å². The summed E-state index contributed by atoms with van der Waals surface area (Å²) in [6, 6.07) is 19.1. The lowest BCUT2D eigenvalue weighted by molar-refractivity contribution is 0.0663. The van der Waals surface area contributed by atoms with Crippen LogP contribution in [0.4, 0.5) is 4.39 Å². The van der Waals surface area contributed by atoms with Crippen LogP contribution >= 0.6 is 7.14 Å². The summed E-state index contributed by atoms with van der Waals surface area (Å²) in [5.41, 5.74) is 6.71. The van der Waals surface area contributed by atoms with Crippen molar-refractivity contribution in [2.45, 2.75) is 114 Å². The Labute approximate surface area is 386 Å². The highest BCUT2D eigenvalue weighted by Crippen LogP contribution is 2.71. The van der Waals surface area contributed by atoms with Gasteiger partial charge in [-0.3, -0.25) is 23.4 Å². The van der Waals surface area contributed by atoms with Crippen molar-refractivity contribution in [1.29, 1.82) is 0 Å². The Balaban J connectivity index is 0.953. The minimum atomic E-state index is -2.28. The summed E-state index contributed by atoms with van der Waals surface area (Å²) < 4.78 is 46.9. The quantitative estimate of drug-likeness (QED) is 0.126. The predicted octanol–water partition coefficient (Wildman–Crippen LogP) is 8.83. The normalized spacial score (nSPS) is 22.1. The standard InChI is InChI=1S/C51H54FN8O6P/c1-29-23-38(24-30(2)45(29)52)60-46(58-20-19-57(50(58)63)37-8-5-33(6-9-37)28-67(64,39-10-11-39)40-12-13-40)44-32(4)56(18-15-41(44)54-60)47(61)43-26-36-25-35(34-16-21-65-22-17-34)7-14-42(36)59(43)51(27-31(51)3)48-53-49(62)66-55-48/h5-9,14,19-20,23-26,31-32,34,39-40H,10-13,15-18,21-22,27-28H2,1-4H3,(H,53,55,62)/t31-,32-,51-/m0/s1. The van der Waals surface area contributed by atoms with Crippen molar-refractivity contribution in [3.63, 3.8) is 0 Å². The zero-order chi connectivity index (χ0) is 46.1. The number of ether oxygens (including phenoxy) is 1. The Morgan fingerprint density at radius 3 is 2.22 bits per heavy atom. The van der Waals surface area contributed by atoms with E-state index in [-0.39, 0.29) is 23.3 Å². The van der Waals surface area contributed by atoms with E-state index in [1.165, 1.54) is 5.56 Å². The molecule has 7 aromatic rings. The molecule has 1 N–H and O–H groups in total. The van der Waals surface area contributed by atoms with Gasteiger partial charge in [0.1, 0.15) is 22.9 Å². The fourth-order valence-corrected chi connectivity index (χ4v) is 15.5. The molecular weight excluding hydrogens is 871 g/mol. The number of rotatable bonds is 11. The first-order valence-corrected chi connectivity index (χ1v) is 25.8. The van der Waals surface area contributed by atoms with Crippen LogP contribution in [0.2, 0.25) is 0 Å². The van der Waals surface area contributed by atoms with Gasteiger partial charge in [-0.05, 0) is 142 Å². The molecule has 4 aromatic heterocycles. The lowest BCUT2D eigenvalue weighted by Crippen LogP contribution is -2.41. The molecular formula is C51H54FN8O6P. The minimum absolute atomic E-state index is 0.0303. The Bertz CT molecular complexity index is 3270. The van der Waals surface area contributed by atoms with Crippen LogP contribution in [0.25, 0.3) is 28.1 Å². The molecule has 346 valence electrons. The van der Waals surface area contributed by atoms with Crippen molar-refractivity contribution in [2.75, 3.05) is 19.8 Å². The predicted molar refractivity (Wildman–Crippen MR) is 251 cm³/mol. The molecule has 0 radical (unpaired) electrons. The number of fused-ring (bicyclic) bond motifs is 2. The average molecular weight is 925 g/mol.